The Morgan fingerprint density at radius 3 is 2.44 bits per heavy atom. The molecule has 0 unspecified atom stereocenters. The molecule has 0 aromatic heterocycles. The molecule has 1 rings (SSSR count). The van der Waals surface area contributed by atoms with Crippen LogP contribution in [-0.4, -0.2) is 17.7 Å². The van der Waals surface area contributed by atoms with E-state index in [4.69, 9.17) is 9.84 Å². The van der Waals surface area contributed by atoms with Gasteiger partial charge in [-0.1, -0.05) is 6.07 Å². The van der Waals surface area contributed by atoms with Gasteiger partial charge in [-0.2, -0.15) is 0 Å². The largest absolute Gasteiger partial charge is 0.493 e. The number of ether oxygens (including phenoxy) is 1. The van der Waals surface area contributed by atoms with E-state index in [1.54, 1.807) is 0 Å². The molecule has 0 spiro atoms. The van der Waals surface area contributed by atoms with E-state index >= 15 is 0 Å². The van der Waals surface area contributed by atoms with Crippen molar-refractivity contribution in [1.82, 2.24) is 0 Å². The lowest BCUT2D eigenvalue weighted by Gasteiger charge is -2.15. The Hall–Kier alpha value is -1.51. The third-order valence-electron chi connectivity index (χ3n) is 2.76. The van der Waals surface area contributed by atoms with Crippen LogP contribution < -0.4 is 4.74 Å². The van der Waals surface area contributed by atoms with E-state index in [0.29, 0.717) is 6.61 Å². The fourth-order valence-electron chi connectivity index (χ4n) is 1.85. The van der Waals surface area contributed by atoms with E-state index in [2.05, 4.69) is 0 Å². The molecule has 0 aliphatic heterocycles. The van der Waals surface area contributed by atoms with E-state index in [1.165, 1.54) is 0 Å². The van der Waals surface area contributed by atoms with Gasteiger partial charge in [-0.15, -0.1) is 0 Å². The molecule has 0 saturated carbocycles. The first kappa shape index (κ1) is 12.6. The highest BCUT2D eigenvalue weighted by Crippen LogP contribution is 2.29. The van der Waals surface area contributed by atoms with Crippen LogP contribution in [0.25, 0.3) is 0 Å². The molecule has 3 nitrogen and oxygen atoms in total. The van der Waals surface area contributed by atoms with E-state index in [1.807, 2.05) is 33.8 Å². The zero-order chi connectivity index (χ0) is 12.3. The van der Waals surface area contributed by atoms with Crippen LogP contribution in [0.5, 0.6) is 5.75 Å². The Kier molecular flexibility index (Phi) is 3.93. The lowest BCUT2D eigenvalue weighted by atomic mass is 9.97. The lowest BCUT2D eigenvalue weighted by Crippen LogP contribution is -2.06. The number of aryl methyl sites for hydroxylation is 1. The van der Waals surface area contributed by atoms with Gasteiger partial charge >= 0.3 is 5.97 Å². The summed E-state index contributed by atoms with van der Waals surface area (Å²) in [6, 6.07) is 1.90. The monoisotopic (exact) mass is 222 g/mol. The molecular weight excluding hydrogens is 204 g/mol. The topological polar surface area (TPSA) is 46.5 Å². The molecule has 1 N–H and O–H groups in total. The van der Waals surface area contributed by atoms with Crippen LogP contribution in [0.2, 0.25) is 0 Å². The molecule has 0 radical (unpaired) electrons. The molecule has 0 saturated heterocycles. The maximum absolute atomic E-state index is 10.7. The van der Waals surface area contributed by atoms with Crippen molar-refractivity contribution >= 4 is 5.97 Å². The molecule has 1 aromatic rings. The Labute approximate surface area is 96.1 Å². The highest BCUT2D eigenvalue weighted by atomic mass is 16.5. The smallest absolute Gasteiger partial charge is 0.307 e. The number of benzene rings is 1. The number of carboxylic acids is 1. The Balaban J connectivity index is 3.21. The van der Waals surface area contributed by atoms with Gasteiger partial charge in [-0.05, 0) is 49.9 Å². The number of carboxylic acid groups (broad SMARTS) is 1. The summed E-state index contributed by atoms with van der Waals surface area (Å²) >= 11 is 0. The van der Waals surface area contributed by atoms with Crippen molar-refractivity contribution in [2.45, 2.75) is 34.1 Å². The van der Waals surface area contributed by atoms with Crippen LogP contribution in [0.3, 0.4) is 0 Å². The summed E-state index contributed by atoms with van der Waals surface area (Å²) in [5, 5.41) is 8.81. The molecule has 0 heterocycles. The number of carbonyl (C=O) groups is 1. The maximum Gasteiger partial charge on any atom is 0.307 e. The molecule has 0 fully saturated rings. The summed E-state index contributed by atoms with van der Waals surface area (Å²) < 4.78 is 5.56. The van der Waals surface area contributed by atoms with Gasteiger partial charge in [0.15, 0.2) is 0 Å². The molecular formula is C13H18O3. The quantitative estimate of drug-likeness (QED) is 0.851. The van der Waals surface area contributed by atoms with Gasteiger partial charge in [0, 0.05) is 0 Å². The minimum absolute atomic E-state index is 0.0694. The normalized spacial score (nSPS) is 10.2. The summed E-state index contributed by atoms with van der Waals surface area (Å²) in [4.78, 5) is 10.7. The third-order valence-corrected chi connectivity index (χ3v) is 2.76. The van der Waals surface area contributed by atoms with Crippen LogP contribution in [0.4, 0.5) is 0 Å². The second-order valence-electron chi connectivity index (χ2n) is 3.94. The van der Waals surface area contributed by atoms with Gasteiger partial charge < -0.3 is 9.84 Å². The maximum atomic E-state index is 10.7. The Bertz CT molecular complexity index is 408. The second kappa shape index (κ2) is 5.01. The average molecular weight is 222 g/mol. The summed E-state index contributed by atoms with van der Waals surface area (Å²) in [6.45, 7) is 8.43. The van der Waals surface area contributed by atoms with Gasteiger partial charge in [0.05, 0.1) is 13.0 Å². The zero-order valence-corrected chi connectivity index (χ0v) is 10.3. The van der Waals surface area contributed by atoms with Crippen LogP contribution in [0.1, 0.15) is 29.2 Å². The summed E-state index contributed by atoms with van der Waals surface area (Å²) in [5.74, 6) is 0.0835. The minimum atomic E-state index is -0.800. The molecule has 88 valence electrons. The van der Waals surface area contributed by atoms with Crippen LogP contribution in [0, 0.1) is 20.8 Å². The third kappa shape index (κ3) is 2.54. The second-order valence-corrected chi connectivity index (χ2v) is 3.94. The Morgan fingerprint density at radius 1 is 1.31 bits per heavy atom. The molecule has 1 aromatic carbocycles. The van der Waals surface area contributed by atoms with Crippen molar-refractivity contribution in [2.75, 3.05) is 6.61 Å². The number of aliphatic carboxylic acids is 1. The van der Waals surface area contributed by atoms with Crippen LogP contribution in [-0.2, 0) is 11.2 Å². The molecule has 0 atom stereocenters. The first-order valence-corrected chi connectivity index (χ1v) is 5.41. The average Bonchev–Trinajstić information content (AvgIpc) is 2.20. The predicted molar refractivity (Wildman–Crippen MR) is 63.2 cm³/mol. The van der Waals surface area contributed by atoms with Crippen molar-refractivity contribution in [2.24, 2.45) is 0 Å². The van der Waals surface area contributed by atoms with E-state index < -0.39 is 5.97 Å². The van der Waals surface area contributed by atoms with Gasteiger partial charge in [0.2, 0.25) is 0 Å². The predicted octanol–water partition coefficient (Wildman–Crippen LogP) is 2.64. The van der Waals surface area contributed by atoms with Gasteiger partial charge in [0.25, 0.3) is 0 Å². The molecule has 3 heteroatoms. The fraction of sp³-hybridized carbons (Fsp3) is 0.462. The SMILES string of the molecule is CCOc1c(C)cc(CC(=O)O)c(C)c1C. The lowest BCUT2D eigenvalue weighted by molar-refractivity contribution is -0.136. The summed E-state index contributed by atoms with van der Waals surface area (Å²) in [7, 11) is 0. The van der Waals surface area contributed by atoms with Crippen LogP contribution in [0.15, 0.2) is 6.07 Å². The molecule has 16 heavy (non-hydrogen) atoms. The standard InChI is InChI=1S/C13H18O3/c1-5-16-13-8(2)6-11(7-12(14)15)9(3)10(13)4/h6H,5,7H2,1-4H3,(H,14,15). The number of hydrogen-bond donors (Lipinski definition) is 1. The highest BCUT2D eigenvalue weighted by molar-refractivity contribution is 5.71. The van der Waals surface area contributed by atoms with Gasteiger partial charge in [-0.25, -0.2) is 0 Å². The first-order valence-electron chi connectivity index (χ1n) is 5.41. The first-order chi connectivity index (χ1) is 7.47. The van der Waals surface area contributed by atoms with E-state index in [-0.39, 0.29) is 6.42 Å². The van der Waals surface area contributed by atoms with E-state index in [9.17, 15) is 4.79 Å². The fourth-order valence-corrected chi connectivity index (χ4v) is 1.85. The van der Waals surface area contributed by atoms with Crippen molar-refractivity contribution in [1.29, 1.82) is 0 Å². The van der Waals surface area contributed by atoms with Crippen LogP contribution >= 0.6 is 0 Å². The van der Waals surface area contributed by atoms with E-state index in [0.717, 1.165) is 28.0 Å². The van der Waals surface area contributed by atoms with Gasteiger partial charge in [0.1, 0.15) is 5.75 Å². The zero-order valence-electron chi connectivity index (χ0n) is 10.3. The van der Waals surface area contributed by atoms with Crippen molar-refractivity contribution in [3.8, 4) is 5.75 Å². The Morgan fingerprint density at radius 2 is 1.94 bits per heavy atom. The molecule has 0 bridgehead atoms. The van der Waals surface area contributed by atoms with Crippen molar-refractivity contribution in [3.63, 3.8) is 0 Å². The summed E-state index contributed by atoms with van der Waals surface area (Å²) in [6.07, 6.45) is 0.0694. The summed E-state index contributed by atoms with van der Waals surface area (Å²) in [5.41, 5.74) is 3.92. The minimum Gasteiger partial charge on any atom is -0.493 e. The highest BCUT2D eigenvalue weighted by Gasteiger charge is 2.12. The molecule has 0 aliphatic carbocycles. The molecule has 0 aliphatic rings. The van der Waals surface area contributed by atoms with Gasteiger partial charge in [-0.3, -0.25) is 4.79 Å². The van der Waals surface area contributed by atoms with Crippen molar-refractivity contribution in [3.05, 3.63) is 28.3 Å². The van der Waals surface area contributed by atoms with Crippen molar-refractivity contribution < 1.29 is 14.6 Å². The molecule has 0 amide bonds. The number of hydrogen-bond acceptors (Lipinski definition) is 2. The number of rotatable bonds is 4.